The van der Waals surface area contributed by atoms with Gasteiger partial charge in [0.2, 0.25) is 11.8 Å². The van der Waals surface area contributed by atoms with Crippen LogP contribution in [0.1, 0.15) is 55.9 Å². The van der Waals surface area contributed by atoms with Crippen molar-refractivity contribution < 1.29 is 17.9 Å². The molecule has 4 fully saturated rings. The minimum Gasteiger partial charge on any atom is -0.435 e. The maximum Gasteiger partial charge on any atom is 0.387 e. The summed E-state index contributed by atoms with van der Waals surface area (Å²) in [5.41, 5.74) is 0.952. The highest BCUT2D eigenvalue weighted by atomic mass is 19.3. The first-order chi connectivity index (χ1) is 13.1. The number of aromatic nitrogens is 2. The molecule has 0 atom stereocenters. The summed E-state index contributed by atoms with van der Waals surface area (Å²) in [7, 11) is 0. The Bertz CT molecular complexity index is 809. The molecule has 1 aromatic heterocycles. The summed E-state index contributed by atoms with van der Waals surface area (Å²) in [6.45, 7) is -2.81. The van der Waals surface area contributed by atoms with Gasteiger partial charge in [-0.05, 0) is 80.1 Å². The van der Waals surface area contributed by atoms with Gasteiger partial charge in [-0.1, -0.05) is 12.1 Å². The summed E-state index contributed by atoms with van der Waals surface area (Å²) < 4.78 is 34.8. The van der Waals surface area contributed by atoms with E-state index in [4.69, 9.17) is 4.42 Å². The predicted octanol–water partition coefficient (Wildman–Crippen LogP) is 5.31. The van der Waals surface area contributed by atoms with Crippen LogP contribution in [0.25, 0.3) is 12.2 Å². The first-order valence-electron chi connectivity index (χ1n) is 9.65. The Morgan fingerprint density at radius 1 is 0.963 bits per heavy atom. The zero-order chi connectivity index (χ0) is 18.4. The van der Waals surface area contributed by atoms with Gasteiger partial charge in [0.1, 0.15) is 5.75 Å². The molecule has 0 amide bonds. The summed E-state index contributed by atoms with van der Waals surface area (Å²) >= 11 is 0. The van der Waals surface area contributed by atoms with Crippen LogP contribution in [-0.2, 0) is 5.41 Å². The van der Waals surface area contributed by atoms with Gasteiger partial charge in [0.25, 0.3) is 0 Å². The lowest BCUT2D eigenvalue weighted by molar-refractivity contribution is -0.0498. The Balaban J connectivity index is 1.30. The fraction of sp³-hybridized carbons (Fsp3) is 0.524. The monoisotopic (exact) mass is 372 g/mol. The van der Waals surface area contributed by atoms with E-state index in [1.807, 2.05) is 6.08 Å². The van der Waals surface area contributed by atoms with Crippen molar-refractivity contribution >= 4 is 12.2 Å². The molecule has 4 bridgehead atoms. The third kappa shape index (κ3) is 3.26. The van der Waals surface area contributed by atoms with Gasteiger partial charge in [-0.25, -0.2) is 0 Å². The predicted molar refractivity (Wildman–Crippen MR) is 96.2 cm³/mol. The van der Waals surface area contributed by atoms with E-state index in [0.29, 0.717) is 5.89 Å². The maximum atomic E-state index is 12.2. The molecule has 6 rings (SSSR count). The molecule has 4 aliphatic rings. The minimum atomic E-state index is -2.81. The van der Waals surface area contributed by atoms with Crippen molar-refractivity contribution in [3.8, 4) is 5.75 Å². The highest BCUT2D eigenvalue weighted by Gasteiger charge is 2.54. The lowest BCUT2D eigenvalue weighted by Crippen LogP contribution is -2.48. The molecule has 0 radical (unpaired) electrons. The molecule has 4 nitrogen and oxygen atoms in total. The van der Waals surface area contributed by atoms with Crippen molar-refractivity contribution in [1.29, 1.82) is 0 Å². The number of halogens is 2. The molecule has 4 saturated carbocycles. The van der Waals surface area contributed by atoms with Crippen molar-refractivity contribution in [3.05, 3.63) is 41.6 Å². The van der Waals surface area contributed by atoms with Gasteiger partial charge < -0.3 is 9.15 Å². The van der Waals surface area contributed by atoms with E-state index in [1.165, 1.54) is 50.7 Å². The Hall–Kier alpha value is -2.24. The van der Waals surface area contributed by atoms with Crippen LogP contribution in [0.4, 0.5) is 8.78 Å². The standard InChI is InChI=1S/C21H22F2N2O2/c22-20(23)26-17-4-1-13(2-5-17)3-6-18-24-25-19(27-18)21-10-14-7-15(11-21)9-16(8-14)12-21/h1-6,14-16,20H,7-12H2/b6-3-. The Labute approximate surface area is 156 Å². The second-order valence-electron chi connectivity index (χ2n) is 8.42. The Morgan fingerprint density at radius 2 is 1.59 bits per heavy atom. The first-order valence-corrected chi connectivity index (χ1v) is 9.65. The summed E-state index contributed by atoms with van der Waals surface area (Å²) in [6, 6.07) is 6.45. The molecular formula is C21H22F2N2O2. The van der Waals surface area contributed by atoms with Gasteiger partial charge in [-0.2, -0.15) is 8.78 Å². The number of nitrogens with zero attached hydrogens (tertiary/aromatic N) is 2. The number of benzene rings is 1. The normalized spacial score (nSPS) is 31.9. The molecule has 0 N–H and O–H groups in total. The smallest absolute Gasteiger partial charge is 0.387 e. The molecule has 27 heavy (non-hydrogen) atoms. The lowest BCUT2D eigenvalue weighted by Gasteiger charge is -2.55. The largest absolute Gasteiger partial charge is 0.435 e. The molecular weight excluding hydrogens is 350 g/mol. The van der Waals surface area contributed by atoms with E-state index < -0.39 is 6.61 Å². The zero-order valence-electron chi connectivity index (χ0n) is 15.0. The molecule has 1 aromatic carbocycles. The molecule has 0 saturated heterocycles. The van der Waals surface area contributed by atoms with Crippen LogP contribution in [0.15, 0.2) is 28.7 Å². The molecule has 142 valence electrons. The Kier molecular flexibility index (Phi) is 4.02. The number of rotatable bonds is 5. The van der Waals surface area contributed by atoms with E-state index in [0.717, 1.165) is 29.2 Å². The highest BCUT2D eigenvalue weighted by Crippen LogP contribution is 2.60. The second kappa shape index (κ2) is 6.43. The fourth-order valence-corrected chi connectivity index (χ4v) is 5.82. The molecule has 6 heteroatoms. The van der Waals surface area contributed by atoms with Crippen LogP contribution in [0.3, 0.4) is 0 Å². The zero-order valence-corrected chi connectivity index (χ0v) is 15.0. The Morgan fingerprint density at radius 3 is 2.19 bits per heavy atom. The number of hydrogen-bond acceptors (Lipinski definition) is 4. The topological polar surface area (TPSA) is 48.2 Å². The van der Waals surface area contributed by atoms with Crippen LogP contribution >= 0.6 is 0 Å². The van der Waals surface area contributed by atoms with Crippen LogP contribution in [0.2, 0.25) is 0 Å². The summed E-state index contributed by atoms with van der Waals surface area (Å²) in [4.78, 5) is 0. The van der Waals surface area contributed by atoms with Crippen LogP contribution in [0, 0.1) is 17.8 Å². The van der Waals surface area contributed by atoms with Gasteiger partial charge in [-0.3, -0.25) is 0 Å². The average molecular weight is 372 g/mol. The lowest BCUT2D eigenvalue weighted by atomic mass is 9.49. The molecule has 0 spiro atoms. The number of ether oxygens (including phenoxy) is 1. The third-order valence-electron chi connectivity index (χ3n) is 6.46. The molecule has 4 aliphatic carbocycles. The van der Waals surface area contributed by atoms with Crippen LogP contribution in [0.5, 0.6) is 5.75 Å². The molecule has 0 aliphatic heterocycles. The number of alkyl halides is 2. The fourth-order valence-electron chi connectivity index (χ4n) is 5.82. The van der Waals surface area contributed by atoms with E-state index in [1.54, 1.807) is 18.2 Å². The van der Waals surface area contributed by atoms with Crippen molar-refractivity contribution in [2.45, 2.75) is 50.6 Å². The molecule has 2 aromatic rings. The van der Waals surface area contributed by atoms with Gasteiger partial charge >= 0.3 is 6.61 Å². The van der Waals surface area contributed by atoms with E-state index in [2.05, 4.69) is 14.9 Å². The van der Waals surface area contributed by atoms with E-state index >= 15 is 0 Å². The minimum absolute atomic E-state index is 0.0993. The molecule has 1 heterocycles. The SMILES string of the molecule is FC(F)Oc1ccc(/C=C\c2nnc(C34CC5CC(CC(C5)C3)C4)o2)cc1. The van der Waals surface area contributed by atoms with Crippen molar-refractivity contribution in [2.24, 2.45) is 17.8 Å². The third-order valence-corrected chi connectivity index (χ3v) is 6.46. The highest BCUT2D eigenvalue weighted by molar-refractivity contribution is 5.66. The van der Waals surface area contributed by atoms with Gasteiger partial charge in [0.15, 0.2) is 0 Å². The number of hydrogen-bond donors (Lipinski definition) is 0. The quantitative estimate of drug-likeness (QED) is 0.714. The van der Waals surface area contributed by atoms with Gasteiger partial charge in [0, 0.05) is 11.5 Å². The van der Waals surface area contributed by atoms with Crippen molar-refractivity contribution in [2.75, 3.05) is 0 Å². The second-order valence-corrected chi connectivity index (χ2v) is 8.42. The average Bonchev–Trinajstić information content (AvgIpc) is 3.09. The van der Waals surface area contributed by atoms with Gasteiger partial charge in [-0.15, -0.1) is 10.2 Å². The van der Waals surface area contributed by atoms with E-state index in [-0.39, 0.29) is 11.2 Å². The summed E-state index contributed by atoms with van der Waals surface area (Å²) in [6.07, 6.45) is 11.3. The summed E-state index contributed by atoms with van der Waals surface area (Å²) in [5.74, 6) is 3.93. The maximum absolute atomic E-state index is 12.2. The van der Waals surface area contributed by atoms with E-state index in [9.17, 15) is 8.78 Å². The van der Waals surface area contributed by atoms with Gasteiger partial charge in [0.05, 0.1) is 0 Å². The summed E-state index contributed by atoms with van der Waals surface area (Å²) in [5, 5.41) is 8.61. The van der Waals surface area contributed by atoms with Crippen molar-refractivity contribution in [1.82, 2.24) is 10.2 Å². The van der Waals surface area contributed by atoms with Crippen molar-refractivity contribution in [3.63, 3.8) is 0 Å². The first kappa shape index (κ1) is 16.9. The molecule has 0 unspecified atom stereocenters. The van der Waals surface area contributed by atoms with Crippen LogP contribution in [-0.4, -0.2) is 16.8 Å². The van der Waals surface area contributed by atoms with Crippen LogP contribution < -0.4 is 4.74 Å².